The van der Waals surface area contributed by atoms with Crippen LogP contribution < -0.4 is 0 Å². The first-order chi connectivity index (χ1) is 21.1. The van der Waals surface area contributed by atoms with E-state index in [1.54, 1.807) is 0 Å². The molecule has 0 aliphatic rings. The van der Waals surface area contributed by atoms with Gasteiger partial charge in [-0.3, -0.25) is 19.2 Å². The van der Waals surface area contributed by atoms with Gasteiger partial charge in [0, 0.05) is 25.7 Å². The van der Waals surface area contributed by atoms with Gasteiger partial charge >= 0.3 is 23.9 Å². The summed E-state index contributed by atoms with van der Waals surface area (Å²) in [5, 5.41) is 33.2. The van der Waals surface area contributed by atoms with Crippen LogP contribution >= 0.6 is 0 Å². The number of hydrogen-bond donors (Lipinski definition) is 4. The predicted molar refractivity (Wildman–Crippen MR) is 185 cm³/mol. The van der Waals surface area contributed by atoms with Gasteiger partial charge in [0.2, 0.25) is 0 Å². The highest BCUT2D eigenvalue weighted by molar-refractivity contribution is 5.67. The van der Waals surface area contributed by atoms with Crippen molar-refractivity contribution < 1.29 is 39.6 Å². The predicted octanol–water partition coefficient (Wildman–Crippen LogP) is 11.5. The van der Waals surface area contributed by atoms with Crippen molar-refractivity contribution in [3.63, 3.8) is 0 Å². The molecule has 0 radical (unpaired) electrons. The van der Waals surface area contributed by atoms with Crippen molar-refractivity contribution >= 4 is 23.9 Å². The fraction of sp³-hybridized carbons (Fsp3) is 0.889. The van der Waals surface area contributed by atoms with Crippen LogP contribution in [0.15, 0.2) is 0 Å². The van der Waals surface area contributed by atoms with E-state index in [0.29, 0.717) is 25.7 Å². The van der Waals surface area contributed by atoms with Crippen molar-refractivity contribution in [1.29, 1.82) is 0 Å². The molecule has 44 heavy (non-hydrogen) atoms. The molecule has 0 aliphatic heterocycles. The van der Waals surface area contributed by atoms with Gasteiger partial charge in [0.25, 0.3) is 0 Å². The molecule has 0 aromatic rings. The van der Waals surface area contributed by atoms with Gasteiger partial charge in [0.15, 0.2) is 0 Å². The molecule has 0 heterocycles. The third-order valence-corrected chi connectivity index (χ3v) is 6.48. The quantitative estimate of drug-likeness (QED) is 0.0686. The normalized spacial score (nSPS) is 9.50. The van der Waals surface area contributed by atoms with E-state index in [1.165, 1.54) is 89.9 Å². The van der Waals surface area contributed by atoms with Gasteiger partial charge in [0.05, 0.1) is 0 Å². The molecule has 0 spiro atoms. The molecular weight excluding hydrogens is 560 g/mol. The largest absolute Gasteiger partial charge is 0.481 e. The van der Waals surface area contributed by atoms with Crippen LogP contribution in [0, 0.1) is 0 Å². The van der Waals surface area contributed by atoms with Crippen molar-refractivity contribution in [2.45, 2.75) is 208 Å². The Hall–Kier alpha value is -2.12. The summed E-state index contributed by atoms with van der Waals surface area (Å²) in [6, 6.07) is 0. The fourth-order valence-corrected chi connectivity index (χ4v) is 3.87. The summed E-state index contributed by atoms with van der Waals surface area (Å²) < 4.78 is 0. The van der Waals surface area contributed by atoms with E-state index in [1.807, 2.05) is 13.8 Å². The molecule has 0 amide bonds. The second-order valence-corrected chi connectivity index (χ2v) is 10.9. The van der Waals surface area contributed by atoms with Gasteiger partial charge in [-0.05, 0) is 25.7 Å². The van der Waals surface area contributed by atoms with Crippen LogP contribution in [-0.4, -0.2) is 44.3 Å². The first kappa shape index (κ1) is 51.5. The van der Waals surface area contributed by atoms with Crippen molar-refractivity contribution in [3.8, 4) is 0 Å². The first-order valence-electron chi connectivity index (χ1n) is 18.0. The average Bonchev–Trinajstić information content (AvgIpc) is 2.98. The zero-order valence-corrected chi connectivity index (χ0v) is 29.8. The maximum Gasteiger partial charge on any atom is 0.303 e. The first-order valence-corrected chi connectivity index (χ1v) is 18.0. The van der Waals surface area contributed by atoms with Gasteiger partial charge in [-0.1, -0.05) is 157 Å². The van der Waals surface area contributed by atoms with E-state index in [9.17, 15) is 19.2 Å². The van der Waals surface area contributed by atoms with Gasteiger partial charge in [-0.25, -0.2) is 0 Å². The summed E-state index contributed by atoms with van der Waals surface area (Å²) in [6.45, 7) is 12.6. The van der Waals surface area contributed by atoms with E-state index in [4.69, 9.17) is 20.4 Å². The van der Waals surface area contributed by atoms with Crippen molar-refractivity contribution in [2.75, 3.05) is 0 Å². The number of hydrogen-bond acceptors (Lipinski definition) is 4. The molecule has 8 nitrogen and oxygen atoms in total. The molecule has 0 rings (SSSR count). The Balaban J connectivity index is -0.000000151. The van der Waals surface area contributed by atoms with Gasteiger partial charge < -0.3 is 20.4 Å². The highest BCUT2D eigenvalue weighted by Gasteiger charge is 1.97. The molecule has 0 bridgehead atoms. The van der Waals surface area contributed by atoms with Crippen LogP contribution in [0.25, 0.3) is 0 Å². The average molecular weight is 635 g/mol. The van der Waals surface area contributed by atoms with Crippen LogP contribution in [-0.2, 0) is 19.2 Å². The maximum absolute atomic E-state index is 10.1. The van der Waals surface area contributed by atoms with Gasteiger partial charge in [-0.15, -0.1) is 0 Å². The summed E-state index contributed by atoms with van der Waals surface area (Å²) in [4.78, 5) is 40.2. The highest BCUT2D eigenvalue weighted by Crippen LogP contribution is 2.08. The molecule has 0 aromatic carbocycles. The Labute approximate surface area is 271 Å². The summed E-state index contributed by atoms with van der Waals surface area (Å²) in [5.41, 5.74) is 0. The minimum atomic E-state index is -0.670. The lowest BCUT2D eigenvalue weighted by molar-refractivity contribution is -0.138. The Kier molecular flexibility index (Phi) is 59.1. The molecule has 0 unspecified atom stereocenters. The smallest absolute Gasteiger partial charge is 0.303 e. The Morgan fingerprint density at radius 2 is 0.432 bits per heavy atom. The molecule has 0 fully saturated rings. The summed E-state index contributed by atoms with van der Waals surface area (Å²) in [5.74, 6) is -2.67. The standard InChI is InChI=1S/C10H20O2.3C8H16O2.C2H6/c1-2-3-4-5-6-7-8-9-10(11)12;3*1-2-3-4-5-6-7-8(9)10;1-2/h2-9H2,1H3,(H,11,12);3*2-7H2,1H3,(H,9,10);1-2H3. The van der Waals surface area contributed by atoms with Crippen LogP contribution in [0.3, 0.4) is 0 Å². The third kappa shape index (κ3) is 77.6. The van der Waals surface area contributed by atoms with Gasteiger partial charge in [0.1, 0.15) is 0 Å². The molecular formula is C36H74O8. The van der Waals surface area contributed by atoms with Crippen molar-refractivity contribution in [1.82, 2.24) is 0 Å². The Morgan fingerprint density at radius 1 is 0.295 bits per heavy atom. The highest BCUT2D eigenvalue weighted by atomic mass is 16.4. The summed E-state index contributed by atoms with van der Waals surface area (Å²) in [6.07, 6.45) is 26.3. The second-order valence-electron chi connectivity index (χ2n) is 10.9. The lowest BCUT2D eigenvalue weighted by atomic mass is 10.1. The molecule has 0 saturated carbocycles. The second kappa shape index (κ2) is 50.5. The number of carbonyl (C=O) groups is 4. The molecule has 0 aromatic heterocycles. The van der Waals surface area contributed by atoms with E-state index < -0.39 is 23.9 Å². The molecule has 0 atom stereocenters. The number of unbranched alkanes of at least 4 members (excludes halogenated alkanes) is 18. The number of carboxylic acids is 4. The van der Waals surface area contributed by atoms with Crippen LogP contribution in [0.4, 0.5) is 0 Å². The number of aliphatic carboxylic acids is 4. The lowest BCUT2D eigenvalue weighted by Crippen LogP contribution is -1.93. The zero-order chi connectivity index (χ0) is 34.7. The van der Waals surface area contributed by atoms with E-state index in [-0.39, 0.29) is 0 Å². The van der Waals surface area contributed by atoms with Crippen molar-refractivity contribution in [3.05, 3.63) is 0 Å². The van der Waals surface area contributed by atoms with E-state index in [2.05, 4.69) is 27.7 Å². The van der Waals surface area contributed by atoms with Crippen molar-refractivity contribution in [2.24, 2.45) is 0 Å². The molecule has 266 valence electrons. The topological polar surface area (TPSA) is 149 Å². The summed E-state index contributed by atoms with van der Waals surface area (Å²) >= 11 is 0. The van der Waals surface area contributed by atoms with E-state index >= 15 is 0 Å². The lowest BCUT2D eigenvalue weighted by Gasteiger charge is -1.98. The van der Waals surface area contributed by atoms with Crippen LogP contribution in [0.2, 0.25) is 0 Å². The van der Waals surface area contributed by atoms with Crippen LogP contribution in [0.5, 0.6) is 0 Å². The van der Waals surface area contributed by atoms with E-state index in [0.717, 1.165) is 51.4 Å². The fourth-order valence-electron chi connectivity index (χ4n) is 3.87. The summed E-state index contributed by atoms with van der Waals surface area (Å²) in [7, 11) is 0. The molecule has 0 aliphatic carbocycles. The SMILES string of the molecule is CC.CCCCCCCC(=O)O.CCCCCCCC(=O)O.CCCCCCCC(=O)O.CCCCCCCCCC(=O)O. The number of rotatable bonds is 26. The zero-order valence-electron chi connectivity index (χ0n) is 29.8. The Bertz CT molecular complexity index is 521. The molecule has 8 heteroatoms. The monoisotopic (exact) mass is 635 g/mol. The molecule has 0 saturated heterocycles. The Morgan fingerprint density at radius 3 is 0.568 bits per heavy atom. The minimum Gasteiger partial charge on any atom is -0.481 e. The van der Waals surface area contributed by atoms with Gasteiger partial charge in [-0.2, -0.15) is 0 Å². The third-order valence-electron chi connectivity index (χ3n) is 6.48. The molecule has 4 N–H and O–H groups in total. The van der Waals surface area contributed by atoms with Crippen LogP contribution in [0.1, 0.15) is 208 Å². The number of carboxylic acid groups (broad SMARTS) is 4. The maximum atomic E-state index is 10.1. The minimum absolute atomic E-state index is 0.337.